The molecule has 1 aromatic rings. The molecular formula is C19H28N4O2. The van der Waals surface area contributed by atoms with Crippen LogP contribution >= 0.6 is 0 Å². The molecule has 1 aliphatic rings. The Hall–Kier alpha value is -1.94. The van der Waals surface area contributed by atoms with Gasteiger partial charge in [0, 0.05) is 50.8 Å². The molecule has 0 aromatic heterocycles. The third kappa shape index (κ3) is 5.27. The minimum atomic E-state index is -0.0265. The van der Waals surface area contributed by atoms with Crippen LogP contribution in [0.2, 0.25) is 0 Å². The van der Waals surface area contributed by atoms with Crippen LogP contribution in [0.5, 0.6) is 0 Å². The molecule has 25 heavy (non-hydrogen) atoms. The topological polar surface area (TPSA) is 70.8 Å². The SMILES string of the molecule is CN(C)CCN(C)C[C@@H]1CN(C(=O)c2ccc(C#N)cc2)C[C@@H]1CO. The molecule has 0 saturated carbocycles. The van der Waals surface area contributed by atoms with Crippen molar-refractivity contribution in [2.45, 2.75) is 0 Å². The van der Waals surface area contributed by atoms with Crippen molar-refractivity contribution >= 4 is 5.91 Å². The summed E-state index contributed by atoms with van der Waals surface area (Å²) in [6.07, 6.45) is 0. The van der Waals surface area contributed by atoms with Gasteiger partial charge in [-0.15, -0.1) is 0 Å². The first kappa shape index (κ1) is 19.4. The van der Waals surface area contributed by atoms with E-state index < -0.39 is 0 Å². The molecule has 0 unspecified atom stereocenters. The lowest BCUT2D eigenvalue weighted by Crippen LogP contribution is -2.35. The van der Waals surface area contributed by atoms with Gasteiger partial charge in [-0.05, 0) is 51.3 Å². The predicted molar refractivity (Wildman–Crippen MR) is 97.2 cm³/mol. The lowest BCUT2D eigenvalue weighted by Gasteiger charge is -2.25. The zero-order valence-corrected chi connectivity index (χ0v) is 15.4. The number of aliphatic hydroxyl groups excluding tert-OH is 1. The number of hydrogen-bond donors (Lipinski definition) is 1. The average Bonchev–Trinajstić information content (AvgIpc) is 3.02. The Balaban J connectivity index is 1.97. The smallest absolute Gasteiger partial charge is 0.253 e. The maximum Gasteiger partial charge on any atom is 0.253 e. The molecule has 0 aliphatic carbocycles. The highest BCUT2D eigenvalue weighted by Gasteiger charge is 2.35. The fourth-order valence-electron chi connectivity index (χ4n) is 3.25. The molecule has 1 aromatic carbocycles. The van der Waals surface area contributed by atoms with Crippen molar-refractivity contribution in [3.8, 4) is 6.07 Å². The van der Waals surface area contributed by atoms with Gasteiger partial charge >= 0.3 is 0 Å². The highest BCUT2D eigenvalue weighted by Crippen LogP contribution is 2.25. The van der Waals surface area contributed by atoms with Gasteiger partial charge in [0.2, 0.25) is 0 Å². The first-order valence-electron chi connectivity index (χ1n) is 8.68. The van der Waals surface area contributed by atoms with Crippen LogP contribution in [0.25, 0.3) is 0 Å². The third-order valence-corrected chi connectivity index (χ3v) is 4.83. The predicted octanol–water partition coefficient (Wildman–Crippen LogP) is 0.732. The number of amides is 1. The third-order valence-electron chi connectivity index (χ3n) is 4.83. The van der Waals surface area contributed by atoms with Crippen LogP contribution in [0.4, 0.5) is 0 Å². The lowest BCUT2D eigenvalue weighted by atomic mass is 9.96. The second-order valence-corrected chi connectivity index (χ2v) is 7.17. The quantitative estimate of drug-likeness (QED) is 0.790. The first-order valence-corrected chi connectivity index (χ1v) is 8.68. The van der Waals surface area contributed by atoms with E-state index in [1.54, 1.807) is 24.3 Å². The molecule has 6 nitrogen and oxygen atoms in total. The summed E-state index contributed by atoms with van der Waals surface area (Å²) in [4.78, 5) is 18.9. The van der Waals surface area contributed by atoms with E-state index in [9.17, 15) is 9.90 Å². The summed E-state index contributed by atoms with van der Waals surface area (Å²) in [6, 6.07) is 8.79. The number of carbonyl (C=O) groups excluding carboxylic acids is 1. The van der Waals surface area contributed by atoms with Gasteiger partial charge in [0.05, 0.1) is 11.6 Å². The van der Waals surface area contributed by atoms with Gasteiger partial charge in [-0.3, -0.25) is 4.79 Å². The molecule has 2 atom stereocenters. The number of aliphatic hydroxyl groups is 1. The molecule has 0 bridgehead atoms. The number of likely N-dealkylation sites (tertiary alicyclic amines) is 1. The molecule has 1 aliphatic heterocycles. The van der Waals surface area contributed by atoms with Crippen molar-refractivity contribution in [1.29, 1.82) is 5.26 Å². The molecular weight excluding hydrogens is 316 g/mol. The minimum Gasteiger partial charge on any atom is -0.396 e. The van der Waals surface area contributed by atoms with Crippen LogP contribution in [-0.4, -0.2) is 86.2 Å². The standard InChI is InChI=1S/C19H28N4O2/c1-21(2)8-9-22(3)11-17-12-23(13-18(17)14-24)19(25)16-6-4-15(10-20)5-7-16/h4-7,17-18,24H,8-9,11-14H2,1-3H3/t17-,18-/m1/s1. The number of rotatable bonds is 7. The molecule has 136 valence electrons. The summed E-state index contributed by atoms with van der Waals surface area (Å²) in [5.41, 5.74) is 1.14. The number of benzene rings is 1. The van der Waals surface area contributed by atoms with Crippen molar-refractivity contribution in [1.82, 2.24) is 14.7 Å². The van der Waals surface area contributed by atoms with Gasteiger partial charge in [0.25, 0.3) is 5.91 Å². The van der Waals surface area contributed by atoms with Crippen LogP contribution in [0, 0.1) is 23.2 Å². The lowest BCUT2D eigenvalue weighted by molar-refractivity contribution is 0.0779. The Morgan fingerprint density at radius 2 is 1.84 bits per heavy atom. The molecule has 1 fully saturated rings. The van der Waals surface area contributed by atoms with Crippen LogP contribution in [0.15, 0.2) is 24.3 Å². The monoisotopic (exact) mass is 344 g/mol. The molecule has 6 heteroatoms. The van der Waals surface area contributed by atoms with Gasteiger partial charge in [-0.25, -0.2) is 0 Å². The van der Waals surface area contributed by atoms with E-state index in [0.717, 1.165) is 19.6 Å². The molecule has 0 spiro atoms. The zero-order chi connectivity index (χ0) is 18.4. The number of hydrogen-bond acceptors (Lipinski definition) is 5. The van der Waals surface area contributed by atoms with Crippen molar-refractivity contribution in [2.75, 3.05) is 60.5 Å². The summed E-state index contributed by atoms with van der Waals surface area (Å²) in [5, 5.41) is 18.6. The van der Waals surface area contributed by atoms with E-state index in [1.165, 1.54) is 0 Å². The van der Waals surface area contributed by atoms with Crippen LogP contribution in [-0.2, 0) is 0 Å². The van der Waals surface area contributed by atoms with E-state index in [4.69, 9.17) is 5.26 Å². The van der Waals surface area contributed by atoms with E-state index in [2.05, 4.69) is 37.0 Å². The van der Waals surface area contributed by atoms with Crippen molar-refractivity contribution in [3.05, 3.63) is 35.4 Å². The van der Waals surface area contributed by atoms with Crippen molar-refractivity contribution in [3.63, 3.8) is 0 Å². The summed E-state index contributed by atoms with van der Waals surface area (Å²) in [5.74, 6) is 0.366. The highest BCUT2D eigenvalue weighted by molar-refractivity contribution is 5.94. The summed E-state index contributed by atoms with van der Waals surface area (Å²) in [6.45, 7) is 4.17. The fraction of sp³-hybridized carbons (Fsp3) is 0.579. The molecule has 0 radical (unpaired) electrons. The van der Waals surface area contributed by atoms with Crippen molar-refractivity contribution < 1.29 is 9.90 Å². The van der Waals surface area contributed by atoms with Gasteiger partial charge in [0.1, 0.15) is 0 Å². The van der Waals surface area contributed by atoms with Crippen LogP contribution in [0.1, 0.15) is 15.9 Å². The molecule has 2 rings (SSSR count). The number of carbonyl (C=O) groups is 1. The van der Waals surface area contributed by atoms with E-state index >= 15 is 0 Å². The Labute approximate surface area is 150 Å². The Bertz CT molecular complexity index is 609. The second kappa shape index (κ2) is 8.95. The van der Waals surface area contributed by atoms with E-state index in [1.807, 2.05) is 4.90 Å². The van der Waals surface area contributed by atoms with E-state index in [-0.39, 0.29) is 24.3 Å². The number of likely N-dealkylation sites (N-methyl/N-ethyl adjacent to an activating group) is 2. The second-order valence-electron chi connectivity index (χ2n) is 7.17. The van der Waals surface area contributed by atoms with Gasteiger partial charge in [0.15, 0.2) is 0 Å². The highest BCUT2D eigenvalue weighted by atomic mass is 16.3. The van der Waals surface area contributed by atoms with E-state index in [0.29, 0.717) is 24.2 Å². The van der Waals surface area contributed by atoms with Crippen molar-refractivity contribution in [2.24, 2.45) is 11.8 Å². The Morgan fingerprint density at radius 3 is 2.40 bits per heavy atom. The minimum absolute atomic E-state index is 0.0265. The number of nitrogens with zero attached hydrogens (tertiary/aromatic N) is 4. The first-order chi connectivity index (χ1) is 11.9. The molecule has 1 amide bonds. The van der Waals surface area contributed by atoms with Crippen LogP contribution < -0.4 is 0 Å². The Kier molecular flexibility index (Phi) is 6.94. The maximum absolute atomic E-state index is 12.7. The molecule has 1 heterocycles. The molecule has 1 N–H and O–H groups in total. The van der Waals surface area contributed by atoms with Gasteiger partial charge < -0.3 is 19.8 Å². The maximum atomic E-state index is 12.7. The average molecular weight is 344 g/mol. The Morgan fingerprint density at radius 1 is 1.20 bits per heavy atom. The fourth-order valence-corrected chi connectivity index (χ4v) is 3.25. The molecule has 1 saturated heterocycles. The van der Waals surface area contributed by atoms with Crippen LogP contribution in [0.3, 0.4) is 0 Å². The normalized spacial score (nSPS) is 20.3. The van der Waals surface area contributed by atoms with Gasteiger partial charge in [-0.2, -0.15) is 5.26 Å². The van der Waals surface area contributed by atoms with Gasteiger partial charge in [-0.1, -0.05) is 0 Å². The number of nitriles is 1. The summed E-state index contributed by atoms with van der Waals surface area (Å²) >= 11 is 0. The summed E-state index contributed by atoms with van der Waals surface area (Å²) < 4.78 is 0. The zero-order valence-electron chi connectivity index (χ0n) is 15.4. The largest absolute Gasteiger partial charge is 0.396 e. The summed E-state index contributed by atoms with van der Waals surface area (Å²) in [7, 11) is 6.19.